The van der Waals surface area contributed by atoms with E-state index in [0.29, 0.717) is 6.54 Å². The van der Waals surface area contributed by atoms with Gasteiger partial charge in [-0.15, -0.1) is 0 Å². The van der Waals surface area contributed by atoms with Crippen LogP contribution < -0.4 is 5.32 Å². The van der Waals surface area contributed by atoms with Gasteiger partial charge in [0.25, 0.3) is 0 Å². The van der Waals surface area contributed by atoms with Gasteiger partial charge < -0.3 is 5.32 Å². The largest absolute Gasteiger partial charge is 0.310 e. The average molecular weight is 270 g/mol. The summed E-state index contributed by atoms with van der Waals surface area (Å²) in [5.74, 6) is 0.181. The van der Waals surface area contributed by atoms with Crippen LogP contribution in [-0.4, -0.2) is 18.9 Å². The van der Waals surface area contributed by atoms with Crippen molar-refractivity contribution in [2.45, 2.75) is 20.3 Å². The summed E-state index contributed by atoms with van der Waals surface area (Å²) in [6.07, 6.45) is 0.957. The van der Waals surface area contributed by atoms with Crippen LogP contribution in [-0.2, 0) is 11.2 Å². The van der Waals surface area contributed by atoms with Crippen LogP contribution in [0.4, 0.5) is 0 Å². The van der Waals surface area contributed by atoms with Crippen molar-refractivity contribution in [2.24, 2.45) is 0 Å². The molecule has 1 N–H and O–H groups in total. The van der Waals surface area contributed by atoms with Crippen molar-refractivity contribution in [3.05, 3.63) is 33.8 Å². The molecule has 0 amide bonds. The number of Topliss-reactive ketones (excluding diaryl/α,β-unsaturated/α-hetero) is 1. The molecule has 0 aliphatic carbocycles. The third kappa shape index (κ3) is 4.58. The molecular weight excluding hydrogens is 254 g/mol. The second kappa shape index (κ2) is 6.03. The van der Waals surface area contributed by atoms with Gasteiger partial charge in [-0.25, -0.2) is 0 Å². The van der Waals surface area contributed by atoms with Gasteiger partial charge in [-0.1, -0.05) is 22.0 Å². The summed E-state index contributed by atoms with van der Waals surface area (Å²) in [5.41, 5.74) is 2.61. The monoisotopic (exact) mass is 269 g/mol. The molecule has 0 unspecified atom stereocenters. The molecule has 0 fully saturated rings. The first kappa shape index (κ1) is 12.4. The first-order valence-electron chi connectivity index (χ1n) is 5.05. The number of aryl methyl sites for hydroxylation is 1. The van der Waals surface area contributed by atoms with Crippen molar-refractivity contribution in [3.63, 3.8) is 0 Å². The van der Waals surface area contributed by atoms with Crippen LogP contribution >= 0.6 is 15.9 Å². The highest BCUT2D eigenvalue weighted by molar-refractivity contribution is 9.10. The van der Waals surface area contributed by atoms with Crippen LogP contribution in [0, 0.1) is 6.92 Å². The van der Waals surface area contributed by atoms with Gasteiger partial charge in [0.2, 0.25) is 0 Å². The lowest BCUT2D eigenvalue weighted by Gasteiger charge is -2.06. The summed E-state index contributed by atoms with van der Waals surface area (Å²) in [4.78, 5) is 10.7. The quantitative estimate of drug-likeness (QED) is 0.833. The fraction of sp³-hybridized carbons (Fsp3) is 0.417. The predicted octanol–water partition coefficient (Wildman–Crippen LogP) is 2.48. The van der Waals surface area contributed by atoms with Gasteiger partial charge in [-0.2, -0.15) is 0 Å². The number of hydrogen-bond acceptors (Lipinski definition) is 2. The molecule has 3 heteroatoms. The lowest BCUT2D eigenvalue weighted by Crippen LogP contribution is -2.23. The highest BCUT2D eigenvalue weighted by Gasteiger charge is 1.99. The van der Waals surface area contributed by atoms with E-state index < -0.39 is 0 Å². The Morgan fingerprint density at radius 3 is 2.87 bits per heavy atom. The van der Waals surface area contributed by atoms with Crippen molar-refractivity contribution in [2.75, 3.05) is 13.1 Å². The molecule has 0 heterocycles. The molecule has 0 aromatic heterocycles. The molecule has 0 radical (unpaired) electrons. The molecule has 0 atom stereocenters. The molecule has 1 aromatic carbocycles. The predicted molar refractivity (Wildman–Crippen MR) is 66.1 cm³/mol. The van der Waals surface area contributed by atoms with Crippen LogP contribution in [0.2, 0.25) is 0 Å². The number of rotatable bonds is 5. The number of halogens is 1. The maximum atomic E-state index is 10.7. The lowest BCUT2D eigenvalue weighted by molar-refractivity contribution is -0.116. The van der Waals surface area contributed by atoms with E-state index in [1.807, 2.05) is 6.07 Å². The van der Waals surface area contributed by atoms with Crippen LogP contribution in [0.15, 0.2) is 22.7 Å². The minimum Gasteiger partial charge on any atom is -0.310 e. The van der Waals surface area contributed by atoms with Crippen LogP contribution in [0.5, 0.6) is 0 Å². The molecule has 0 bridgehead atoms. The van der Waals surface area contributed by atoms with Crippen molar-refractivity contribution >= 4 is 21.7 Å². The molecule has 15 heavy (non-hydrogen) atoms. The maximum absolute atomic E-state index is 10.7. The highest BCUT2D eigenvalue weighted by Crippen LogP contribution is 2.16. The molecule has 0 saturated heterocycles. The standard InChI is InChI=1S/C12H16BrNO/c1-9-3-4-12(13)7-11(9)5-6-14-8-10(2)15/h3-4,7,14H,5-6,8H2,1-2H3. The molecule has 1 aromatic rings. The smallest absolute Gasteiger partial charge is 0.143 e. The molecule has 2 nitrogen and oxygen atoms in total. The van der Waals surface area contributed by atoms with Crippen LogP contribution in [0.25, 0.3) is 0 Å². The third-order valence-corrected chi connectivity index (χ3v) is 2.75. The van der Waals surface area contributed by atoms with E-state index in [2.05, 4.69) is 40.3 Å². The SMILES string of the molecule is CC(=O)CNCCc1cc(Br)ccc1C. The van der Waals surface area contributed by atoms with Crippen molar-refractivity contribution in [1.29, 1.82) is 0 Å². The summed E-state index contributed by atoms with van der Waals surface area (Å²) in [7, 11) is 0. The van der Waals surface area contributed by atoms with Gasteiger partial charge in [0, 0.05) is 4.47 Å². The van der Waals surface area contributed by atoms with Gasteiger partial charge in [-0.05, 0) is 50.1 Å². The molecular formula is C12H16BrNO. The van der Waals surface area contributed by atoms with Crippen molar-refractivity contribution < 1.29 is 4.79 Å². The van der Waals surface area contributed by atoms with E-state index in [1.165, 1.54) is 11.1 Å². The Balaban J connectivity index is 2.43. The molecule has 1 rings (SSSR count). The first-order valence-corrected chi connectivity index (χ1v) is 5.84. The van der Waals surface area contributed by atoms with Gasteiger partial charge >= 0.3 is 0 Å². The summed E-state index contributed by atoms with van der Waals surface area (Å²) < 4.78 is 1.11. The van der Waals surface area contributed by atoms with E-state index >= 15 is 0 Å². The number of nitrogens with one attached hydrogen (secondary N) is 1. The topological polar surface area (TPSA) is 29.1 Å². The summed E-state index contributed by atoms with van der Waals surface area (Å²) in [5, 5.41) is 3.12. The van der Waals surface area contributed by atoms with E-state index in [4.69, 9.17) is 0 Å². The Morgan fingerprint density at radius 1 is 1.47 bits per heavy atom. The molecule has 0 spiro atoms. The normalized spacial score (nSPS) is 10.3. The van der Waals surface area contributed by atoms with Gasteiger partial charge in [0.15, 0.2) is 0 Å². The summed E-state index contributed by atoms with van der Waals surface area (Å²) in [6, 6.07) is 6.27. The zero-order chi connectivity index (χ0) is 11.3. The van der Waals surface area contributed by atoms with E-state index in [1.54, 1.807) is 6.92 Å². The lowest BCUT2D eigenvalue weighted by atomic mass is 10.1. The Morgan fingerprint density at radius 2 is 2.20 bits per heavy atom. The molecule has 0 aliphatic heterocycles. The minimum absolute atomic E-state index is 0.181. The molecule has 0 saturated carbocycles. The first-order chi connectivity index (χ1) is 7.09. The number of carbonyl (C=O) groups excluding carboxylic acids is 1. The zero-order valence-electron chi connectivity index (χ0n) is 9.14. The number of ketones is 1. The number of benzene rings is 1. The maximum Gasteiger partial charge on any atom is 0.143 e. The minimum atomic E-state index is 0.181. The third-order valence-electron chi connectivity index (χ3n) is 2.26. The molecule has 0 aliphatic rings. The van der Waals surface area contributed by atoms with Gasteiger partial charge in [0.05, 0.1) is 6.54 Å². The highest BCUT2D eigenvalue weighted by atomic mass is 79.9. The van der Waals surface area contributed by atoms with Gasteiger partial charge in [0.1, 0.15) is 5.78 Å². The van der Waals surface area contributed by atoms with Crippen molar-refractivity contribution in [1.82, 2.24) is 5.32 Å². The van der Waals surface area contributed by atoms with Gasteiger partial charge in [-0.3, -0.25) is 4.79 Å². The summed E-state index contributed by atoms with van der Waals surface area (Å²) >= 11 is 3.45. The average Bonchev–Trinajstić information content (AvgIpc) is 2.17. The zero-order valence-corrected chi connectivity index (χ0v) is 10.7. The second-order valence-electron chi connectivity index (χ2n) is 3.70. The fourth-order valence-electron chi connectivity index (χ4n) is 1.40. The Hall–Kier alpha value is -0.670. The van der Waals surface area contributed by atoms with Crippen molar-refractivity contribution in [3.8, 4) is 0 Å². The number of carbonyl (C=O) groups is 1. The summed E-state index contributed by atoms with van der Waals surface area (Å²) in [6.45, 7) is 5.01. The Labute approximate surface area is 99.2 Å². The Bertz CT molecular complexity index is 349. The second-order valence-corrected chi connectivity index (χ2v) is 4.62. The Kier molecular flexibility index (Phi) is 4.99. The van der Waals surface area contributed by atoms with E-state index in [0.717, 1.165) is 17.4 Å². The molecule has 82 valence electrons. The van der Waals surface area contributed by atoms with Crippen LogP contribution in [0.3, 0.4) is 0 Å². The van der Waals surface area contributed by atoms with E-state index in [9.17, 15) is 4.79 Å². The van der Waals surface area contributed by atoms with Crippen LogP contribution in [0.1, 0.15) is 18.1 Å². The number of hydrogen-bond donors (Lipinski definition) is 1. The fourth-order valence-corrected chi connectivity index (χ4v) is 1.81. The van der Waals surface area contributed by atoms with E-state index in [-0.39, 0.29) is 5.78 Å².